The molecular formula is C12H15NOS. The maximum atomic E-state index is 5.13. The van der Waals surface area contributed by atoms with Crippen molar-refractivity contribution in [1.29, 1.82) is 0 Å². The summed E-state index contributed by atoms with van der Waals surface area (Å²) in [4.78, 5) is 1.34. The van der Waals surface area contributed by atoms with Gasteiger partial charge in [-0.1, -0.05) is 6.92 Å². The van der Waals surface area contributed by atoms with Crippen molar-refractivity contribution in [3.8, 4) is 0 Å². The Hall–Kier alpha value is -1.06. The molecule has 2 nitrogen and oxygen atoms in total. The zero-order valence-electron chi connectivity index (χ0n) is 8.99. The summed E-state index contributed by atoms with van der Waals surface area (Å²) in [5.74, 6) is 0. The number of rotatable bonds is 4. The first-order valence-corrected chi connectivity index (χ1v) is 5.99. The van der Waals surface area contributed by atoms with Crippen LogP contribution in [0.5, 0.6) is 0 Å². The summed E-state index contributed by atoms with van der Waals surface area (Å²) in [5.41, 5.74) is 2.51. The van der Waals surface area contributed by atoms with Crippen molar-refractivity contribution >= 4 is 11.3 Å². The molecule has 2 aromatic rings. The first-order chi connectivity index (χ1) is 7.31. The third-order valence-electron chi connectivity index (χ3n) is 2.37. The van der Waals surface area contributed by atoms with Gasteiger partial charge in [0.2, 0.25) is 0 Å². The Kier molecular flexibility index (Phi) is 3.23. The van der Waals surface area contributed by atoms with Crippen LogP contribution in [-0.2, 0) is 0 Å². The van der Waals surface area contributed by atoms with Gasteiger partial charge in [-0.25, -0.2) is 0 Å². The van der Waals surface area contributed by atoms with Gasteiger partial charge in [0.25, 0.3) is 0 Å². The molecule has 0 aliphatic heterocycles. The molecule has 0 aliphatic rings. The lowest BCUT2D eigenvalue weighted by molar-refractivity contribution is 0.553. The van der Waals surface area contributed by atoms with Gasteiger partial charge in [-0.15, -0.1) is 11.3 Å². The second kappa shape index (κ2) is 4.64. The van der Waals surface area contributed by atoms with Crippen molar-refractivity contribution in [2.24, 2.45) is 0 Å². The number of nitrogens with one attached hydrogen (secondary N) is 1. The maximum absolute atomic E-state index is 5.13. The molecule has 0 aliphatic carbocycles. The number of thiophene rings is 1. The van der Waals surface area contributed by atoms with Gasteiger partial charge in [-0.3, -0.25) is 0 Å². The van der Waals surface area contributed by atoms with Crippen LogP contribution >= 0.6 is 11.3 Å². The normalized spacial score (nSPS) is 12.9. The van der Waals surface area contributed by atoms with Crippen LogP contribution in [0.15, 0.2) is 34.5 Å². The van der Waals surface area contributed by atoms with Gasteiger partial charge in [0.05, 0.1) is 18.6 Å². The van der Waals surface area contributed by atoms with E-state index in [1.54, 1.807) is 23.9 Å². The minimum Gasteiger partial charge on any atom is -0.472 e. The first-order valence-electron chi connectivity index (χ1n) is 5.11. The Bertz CT molecular complexity index is 405. The molecule has 0 saturated carbocycles. The monoisotopic (exact) mass is 221 g/mol. The highest BCUT2D eigenvalue weighted by atomic mass is 32.1. The predicted octanol–water partition coefficient (Wildman–Crippen LogP) is 3.35. The Morgan fingerprint density at radius 3 is 2.87 bits per heavy atom. The molecule has 0 bridgehead atoms. The third kappa shape index (κ3) is 2.30. The number of furan rings is 1. The van der Waals surface area contributed by atoms with Crippen LogP contribution < -0.4 is 5.32 Å². The summed E-state index contributed by atoms with van der Waals surface area (Å²) in [5, 5.41) is 5.67. The lowest BCUT2D eigenvalue weighted by Gasteiger charge is -2.14. The van der Waals surface area contributed by atoms with Gasteiger partial charge >= 0.3 is 0 Å². The fraction of sp³-hybridized carbons (Fsp3) is 0.333. The van der Waals surface area contributed by atoms with Gasteiger partial charge in [0.15, 0.2) is 0 Å². The van der Waals surface area contributed by atoms with Crippen LogP contribution in [0, 0.1) is 6.92 Å². The van der Waals surface area contributed by atoms with E-state index in [9.17, 15) is 0 Å². The SMILES string of the molecule is CCNC(c1ccoc1)c1csc(C)c1. The number of aryl methyl sites for hydroxylation is 1. The van der Waals surface area contributed by atoms with Crippen molar-refractivity contribution in [3.63, 3.8) is 0 Å². The molecule has 1 unspecified atom stereocenters. The molecule has 15 heavy (non-hydrogen) atoms. The van der Waals surface area contributed by atoms with E-state index in [0.717, 1.165) is 6.54 Å². The molecule has 0 radical (unpaired) electrons. The minimum atomic E-state index is 0.263. The van der Waals surface area contributed by atoms with Crippen molar-refractivity contribution in [3.05, 3.63) is 46.0 Å². The molecular weight excluding hydrogens is 206 g/mol. The lowest BCUT2D eigenvalue weighted by Crippen LogP contribution is -2.20. The zero-order valence-corrected chi connectivity index (χ0v) is 9.80. The van der Waals surface area contributed by atoms with Crippen LogP contribution in [0.1, 0.15) is 29.0 Å². The summed E-state index contributed by atoms with van der Waals surface area (Å²) in [6.45, 7) is 5.20. The van der Waals surface area contributed by atoms with Crippen LogP contribution in [0.4, 0.5) is 0 Å². The largest absolute Gasteiger partial charge is 0.472 e. The van der Waals surface area contributed by atoms with E-state index in [4.69, 9.17) is 4.42 Å². The van der Waals surface area contributed by atoms with Gasteiger partial charge in [0, 0.05) is 10.4 Å². The topological polar surface area (TPSA) is 25.2 Å². The third-order valence-corrected chi connectivity index (χ3v) is 3.25. The summed E-state index contributed by atoms with van der Waals surface area (Å²) >= 11 is 1.79. The first kappa shape index (κ1) is 10.5. The highest BCUT2D eigenvalue weighted by Crippen LogP contribution is 2.26. The van der Waals surface area contributed by atoms with E-state index in [2.05, 4.69) is 30.6 Å². The lowest BCUT2D eigenvalue weighted by atomic mass is 10.0. The molecule has 0 saturated heterocycles. The molecule has 2 aromatic heterocycles. The second-order valence-corrected chi connectivity index (χ2v) is 4.65. The molecule has 0 aromatic carbocycles. The molecule has 0 spiro atoms. The van der Waals surface area contributed by atoms with E-state index in [-0.39, 0.29) is 6.04 Å². The average molecular weight is 221 g/mol. The van der Waals surface area contributed by atoms with Crippen molar-refractivity contribution in [2.75, 3.05) is 6.54 Å². The van der Waals surface area contributed by atoms with E-state index in [1.165, 1.54) is 16.0 Å². The molecule has 2 heterocycles. The van der Waals surface area contributed by atoms with Crippen molar-refractivity contribution in [2.45, 2.75) is 19.9 Å². The quantitative estimate of drug-likeness (QED) is 0.856. The van der Waals surface area contributed by atoms with Crippen molar-refractivity contribution in [1.82, 2.24) is 5.32 Å². The molecule has 1 N–H and O–H groups in total. The van der Waals surface area contributed by atoms with Crippen LogP contribution in [0.25, 0.3) is 0 Å². The smallest absolute Gasteiger partial charge is 0.0953 e. The molecule has 1 atom stereocenters. The Labute approximate surface area is 93.9 Å². The highest BCUT2D eigenvalue weighted by molar-refractivity contribution is 7.10. The fourth-order valence-corrected chi connectivity index (χ4v) is 2.42. The van der Waals surface area contributed by atoms with Gasteiger partial charge < -0.3 is 9.73 Å². The Balaban J connectivity index is 2.27. The molecule has 80 valence electrons. The van der Waals surface area contributed by atoms with Gasteiger partial charge in [0.1, 0.15) is 0 Å². The minimum absolute atomic E-state index is 0.263. The summed E-state index contributed by atoms with van der Waals surface area (Å²) in [6.07, 6.45) is 3.53. The maximum Gasteiger partial charge on any atom is 0.0953 e. The zero-order chi connectivity index (χ0) is 10.7. The molecule has 2 rings (SSSR count). The Morgan fingerprint density at radius 1 is 1.47 bits per heavy atom. The van der Waals surface area contributed by atoms with Crippen LogP contribution in [0.2, 0.25) is 0 Å². The van der Waals surface area contributed by atoms with E-state index >= 15 is 0 Å². The standard InChI is InChI=1S/C12H15NOS/c1-3-13-12(10-4-5-14-7-10)11-6-9(2)15-8-11/h4-8,12-13H,3H2,1-2H3. The van der Waals surface area contributed by atoms with E-state index < -0.39 is 0 Å². The van der Waals surface area contributed by atoms with Crippen LogP contribution in [-0.4, -0.2) is 6.54 Å². The predicted molar refractivity (Wildman–Crippen MR) is 63.3 cm³/mol. The van der Waals surface area contributed by atoms with Gasteiger partial charge in [-0.2, -0.15) is 0 Å². The average Bonchev–Trinajstić information content (AvgIpc) is 2.85. The van der Waals surface area contributed by atoms with Gasteiger partial charge in [-0.05, 0) is 36.5 Å². The Morgan fingerprint density at radius 2 is 2.33 bits per heavy atom. The second-order valence-electron chi connectivity index (χ2n) is 3.54. The van der Waals surface area contributed by atoms with Crippen molar-refractivity contribution < 1.29 is 4.42 Å². The highest BCUT2D eigenvalue weighted by Gasteiger charge is 2.14. The van der Waals surface area contributed by atoms with Crippen LogP contribution in [0.3, 0.4) is 0 Å². The van der Waals surface area contributed by atoms with E-state index in [1.807, 2.05) is 6.07 Å². The number of hydrogen-bond acceptors (Lipinski definition) is 3. The fourth-order valence-electron chi connectivity index (χ4n) is 1.69. The number of hydrogen-bond donors (Lipinski definition) is 1. The molecule has 0 amide bonds. The summed E-state index contributed by atoms with van der Waals surface area (Å²) < 4.78 is 5.13. The van der Waals surface area contributed by atoms with E-state index in [0.29, 0.717) is 0 Å². The summed E-state index contributed by atoms with van der Waals surface area (Å²) in [6, 6.07) is 4.50. The molecule has 0 fully saturated rings. The molecule has 3 heteroatoms. The summed E-state index contributed by atoms with van der Waals surface area (Å²) in [7, 11) is 0.